The maximum Gasteiger partial charge on any atom is 0.337 e. The van der Waals surface area contributed by atoms with E-state index in [1.807, 2.05) is 0 Å². The number of carbonyl (C=O) groups excluding carboxylic acids is 2. The molecule has 0 radical (unpaired) electrons. The number of hydrogen-bond donors (Lipinski definition) is 0. The Labute approximate surface area is 143 Å². The lowest BCUT2D eigenvalue weighted by Gasteiger charge is -2.10. The van der Waals surface area contributed by atoms with Crippen molar-refractivity contribution in [2.24, 2.45) is 0 Å². The van der Waals surface area contributed by atoms with Gasteiger partial charge in [0.2, 0.25) is 0 Å². The van der Waals surface area contributed by atoms with Crippen LogP contribution in [0.2, 0.25) is 0 Å². The van der Waals surface area contributed by atoms with Gasteiger partial charge in [0.15, 0.2) is 6.29 Å². The monoisotopic (exact) mass is 341 g/mol. The summed E-state index contributed by atoms with van der Waals surface area (Å²) in [5.74, 6) is -0.304. The van der Waals surface area contributed by atoms with Gasteiger partial charge in [-0.2, -0.15) is 0 Å². The second kappa shape index (κ2) is 8.39. The molecule has 0 heterocycles. The van der Waals surface area contributed by atoms with Crippen molar-refractivity contribution in [1.29, 1.82) is 0 Å². The average molecular weight is 341 g/mol. The van der Waals surface area contributed by atoms with Crippen molar-refractivity contribution in [1.82, 2.24) is 0 Å². The summed E-state index contributed by atoms with van der Waals surface area (Å²) >= 11 is 0. The summed E-state index contributed by atoms with van der Waals surface area (Å²) < 4.78 is 10.2. The smallest absolute Gasteiger partial charge is 0.337 e. The molecule has 0 unspecified atom stereocenters. The fourth-order valence-corrected chi connectivity index (χ4v) is 2.08. The van der Waals surface area contributed by atoms with Crippen LogP contribution in [0, 0.1) is 10.1 Å². The molecule has 0 saturated heterocycles. The van der Waals surface area contributed by atoms with Gasteiger partial charge < -0.3 is 9.47 Å². The van der Waals surface area contributed by atoms with Crippen LogP contribution >= 0.6 is 0 Å². The quantitative estimate of drug-likeness (QED) is 0.252. The third-order valence-corrected chi connectivity index (χ3v) is 3.30. The number of nitro benzene ring substituents is 1. The van der Waals surface area contributed by atoms with Crippen LogP contribution in [0.3, 0.4) is 0 Å². The summed E-state index contributed by atoms with van der Waals surface area (Å²) in [5, 5.41) is 10.8. The first-order valence-electron chi connectivity index (χ1n) is 7.25. The summed E-state index contributed by atoms with van der Waals surface area (Å²) in [5.41, 5.74) is 0.873. The van der Waals surface area contributed by atoms with Crippen molar-refractivity contribution >= 4 is 24.0 Å². The van der Waals surface area contributed by atoms with Crippen molar-refractivity contribution < 1.29 is 24.0 Å². The van der Waals surface area contributed by atoms with Gasteiger partial charge in [0.25, 0.3) is 5.69 Å². The summed E-state index contributed by atoms with van der Waals surface area (Å²) in [4.78, 5) is 33.3. The molecule has 0 aliphatic heterocycles. The number of methoxy groups -OCH3 is 1. The van der Waals surface area contributed by atoms with Crippen LogP contribution in [0.5, 0.6) is 5.75 Å². The van der Waals surface area contributed by atoms with Gasteiger partial charge in [-0.1, -0.05) is 24.3 Å². The number of non-ortho nitro benzene ring substituents is 1. The number of hydrogen-bond acceptors (Lipinski definition) is 6. The number of nitrogens with zero attached hydrogens (tertiary/aromatic N) is 1. The lowest BCUT2D eigenvalue weighted by Crippen LogP contribution is -2.13. The number of aldehydes is 1. The first kappa shape index (κ1) is 17.9. The lowest BCUT2D eigenvalue weighted by atomic mass is 10.1. The standard InChI is InChI=1S/C18H15NO6/c1-24-18(21)15(9-13-5-4-7-16(10-13)19(22)23)12-25-17-8-3-2-6-14(17)11-20/h2-11H,12H2,1H3/b15-9-. The first-order chi connectivity index (χ1) is 12.0. The predicted molar refractivity (Wildman–Crippen MR) is 90.4 cm³/mol. The van der Waals surface area contributed by atoms with Crippen LogP contribution < -0.4 is 4.74 Å². The van der Waals surface area contributed by atoms with Crippen LogP contribution in [0.4, 0.5) is 5.69 Å². The Bertz CT molecular complexity index is 828. The fraction of sp³-hybridized carbons (Fsp3) is 0.111. The average Bonchev–Trinajstić information content (AvgIpc) is 2.64. The van der Waals surface area contributed by atoms with E-state index < -0.39 is 10.9 Å². The summed E-state index contributed by atoms with van der Waals surface area (Å²) in [6.07, 6.45) is 2.10. The molecule has 7 nitrogen and oxygen atoms in total. The highest BCUT2D eigenvalue weighted by atomic mass is 16.6. The highest BCUT2D eigenvalue weighted by molar-refractivity contribution is 5.94. The molecule has 7 heteroatoms. The number of ether oxygens (including phenoxy) is 2. The molecule has 0 aromatic heterocycles. The molecule has 2 aromatic carbocycles. The molecule has 0 aliphatic carbocycles. The third-order valence-electron chi connectivity index (χ3n) is 3.30. The minimum absolute atomic E-state index is 0.0924. The van der Waals surface area contributed by atoms with E-state index in [0.29, 0.717) is 23.2 Å². The first-order valence-corrected chi connectivity index (χ1v) is 7.25. The Kier molecular flexibility index (Phi) is 6.00. The molecular formula is C18H15NO6. The van der Waals surface area contributed by atoms with Gasteiger partial charge in [-0.05, 0) is 23.8 Å². The van der Waals surface area contributed by atoms with Gasteiger partial charge >= 0.3 is 5.97 Å². The lowest BCUT2D eigenvalue weighted by molar-refractivity contribution is -0.384. The topological polar surface area (TPSA) is 95.7 Å². The number of carbonyl (C=O) groups is 2. The number of rotatable bonds is 7. The molecule has 128 valence electrons. The largest absolute Gasteiger partial charge is 0.488 e. The van der Waals surface area contributed by atoms with Crippen LogP contribution in [-0.2, 0) is 9.53 Å². The number of esters is 1. The zero-order chi connectivity index (χ0) is 18.2. The summed E-state index contributed by atoms with van der Waals surface area (Å²) in [7, 11) is 1.23. The molecule has 25 heavy (non-hydrogen) atoms. The fourth-order valence-electron chi connectivity index (χ4n) is 2.08. The highest BCUT2D eigenvalue weighted by Gasteiger charge is 2.13. The Morgan fingerprint density at radius 2 is 1.96 bits per heavy atom. The van der Waals surface area contributed by atoms with Gasteiger partial charge in [0, 0.05) is 12.1 Å². The van der Waals surface area contributed by atoms with E-state index in [1.165, 1.54) is 31.4 Å². The number of benzene rings is 2. The van der Waals surface area contributed by atoms with E-state index in [4.69, 9.17) is 9.47 Å². The van der Waals surface area contributed by atoms with Gasteiger partial charge in [0.1, 0.15) is 12.4 Å². The minimum Gasteiger partial charge on any atom is -0.488 e. The summed E-state index contributed by atoms with van der Waals surface area (Å²) in [6.45, 7) is -0.153. The molecule has 2 rings (SSSR count). The van der Waals surface area contributed by atoms with E-state index >= 15 is 0 Å². The van der Waals surface area contributed by atoms with E-state index in [9.17, 15) is 19.7 Å². The van der Waals surface area contributed by atoms with Gasteiger partial charge in [0.05, 0.1) is 23.2 Å². The molecule has 0 amide bonds. The van der Waals surface area contributed by atoms with E-state index in [-0.39, 0.29) is 17.9 Å². The van der Waals surface area contributed by atoms with Gasteiger partial charge in [-0.15, -0.1) is 0 Å². The third kappa shape index (κ3) is 4.74. The van der Waals surface area contributed by atoms with Crippen molar-refractivity contribution in [2.75, 3.05) is 13.7 Å². The maximum atomic E-state index is 11.9. The van der Waals surface area contributed by atoms with E-state index in [1.54, 1.807) is 30.3 Å². The van der Waals surface area contributed by atoms with Crippen molar-refractivity contribution in [3.8, 4) is 5.75 Å². The number of nitro groups is 1. The highest BCUT2D eigenvalue weighted by Crippen LogP contribution is 2.19. The van der Waals surface area contributed by atoms with Crippen molar-refractivity contribution in [3.63, 3.8) is 0 Å². The van der Waals surface area contributed by atoms with Gasteiger partial charge in [-0.25, -0.2) is 4.79 Å². The molecule has 0 spiro atoms. The molecule has 0 saturated carbocycles. The maximum absolute atomic E-state index is 11.9. The molecule has 0 aliphatic rings. The molecule has 0 bridgehead atoms. The van der Waals surface area contributed by atoms with Crippen LogP contribution in [0.1, 0.15) is 15.9 Å². The predicted octanol–water partition coefficient (Wildman–Crippen LogP) is 3.04. The second-order valence-electron chi connectivity index (χ2n) is 4.96. The van der Waals surface area contributed by atoms with Crippen LogP contribution in [0.15, 0.2) is 54.1 Å². The Morgan fingerprint density at radius 3 is 2.64 bits per heavy atom. The second-order valence-corrected chi connectivity index (χ2v) is 4.96. The normalized spacial score (nSPS) is 10.8. The Morgan fingerprint density at radius 1 is 1.20 bits per heavy atom. The van der Waals surface area contributed by atoms with E-state index in [0.717, 1.165) is 0 Å². The Hall–Kier alpha value is -3.48. The summed E-state index contributed by atoms with van der Waals surface area (Å²) in [6, 6.07) is 12.4. The van der Waals surface area contributed by atoms with E-state index in [2.05, 4.69) is 0 Å². The minimum atomic E-state index is -0.630. The van der Waals surface area contributed by atoms with Crippen molar-refractivity contribution in [3.05, 3.63) is 75.3 Å². The zero-order valence-electron chi connectivity index (χ0n) is 13.4. The van der Waals surface area contributed by atoms with Crippen molar-refractivity contribution in [2.45, 2.75) is 0 Å². The zero-order valence-corrected chi connectivity index (χ0v) is 13.4. The molecule has 2 aromatic rings. The molecule has 0 fully saturated rings. The van der Waals surface area contributed by atoms with Crippen LogP contribution in [-0.4, -0.2) is 30.9 Å². The Balaban J connectivity index is 2.27. The SMILES string of the molecule is COC(=O)/C(=C\c1cccc([N+](=O)[O-])c1)COc1ccccc1C=O. The molecular weight excluding hydrogens is 326 g/mol. The van der Waals surface area contributed by atoms with Crippen LogP contribution in [0.25, 0.3) is 6.08 Å². The number of para-hydroxylation sites is 1. The molecule has 0 N–H and O–H groups in total. The molecule has 0 atom stereocenters. The van der Waals surface area contributed by atoms with Gasteiger partial charge in [-0.3, -0.25) is 14.9 Å².